The van der Waals surface area contributed by atoms with E-state index in [4.69, 9.17) is 9.47 Å². The normalized spacial score (nSPS) is 15.6. The lowest BCUT2D eigenvalue weighted by Crippen LogP contribution is -2.43. The number of nitrogens with zero attached hydrogens (tertiary/aromatic N) is 2. The van der Waals surface area contributed by atoms with Gasteiger partial charge in [0.1, 0.15) is 11.6 Å². The maximum atomic E-state index is 12.9. The van der Waals surface area contributed by atoms with Crippen LogP contribution in [0.3, 0.4) is 0 Å². The molecule has 0 bridgehead atoms. The van der Waals surface area contributed by atoms with Crippen LogP contribution in [0.2, 0.25) is 0 Å². The molecule has 2 rings (SSSR count). The first-order valence-electron chi connectivity index (χ1n) is 10.6. The van der Waals surface area contributed by atoms with E-state index in [2.05, 4.69) is 6.92 Å². The number of benzene rings is 1. The van der Waals surface area contributed by atoms with E-state index in [1.165, 1.54) is 0 Å². The topological polar surface area (TPSA) is 79.6 Å². The number of rotatable bonds is 10. The van der Waals surface area contributed by atoms with Crippen molar-refractivity contribution >= 4 is 17.9 Å². The second-order valence-electron chi connectivity index (χ2n) is 7.13. The van der Waals surface area contributed by atoms with E-state index in [1.807, 2.05) is 38.1 Å². The maximum absolute atomic E-state index is 12.9. The molecule has 2 amide bonds. The number of amides is 2. The Labute approximate surface area is 178 Å². The van der Waals surface area contributed by atoms with Gasteiger partial charge in [-0.15, -0.1) is 0 Å². The van der Waals surface area contributed by atoms with Gasteiger partial charge >= 0.3 is 0 Å². The Hall–Kier alpha value is -3.07. The molecule has 1 aliphatic rings. The molecule has 0 fully saturated rings. The van der Waals surface area contributed by atoms with Gasteiger partial charge in [0, 0.05) is 12.1 Å². The lowest BCUT2D eigenvalue weighted by molar-refractivity contribution is -0.140. The van der Waals surface area contributed by atoms with E-state index < -0.39 is 5.91 Å². The van der Waals surface area contributed by atoms with E-state index in [-0.39, 0.29) is 18.0 Å². The molecule has 0 atom stereocenters. The van der Waals surface area contributed by atoms with Crippen LogP contribution in [0.5, 0.6) is 11.5 Å². The third-order valence-corrected chi connectivity index (χ3v) is 4.86. The summed E-state index contributed by atoms with van der Waals surface area (Å²) < 4.78 is 11.6. The fourth-order valence-corrected chi connectivity index (χ4v) is 3.26. The molecule has 0 aliphatic carbocycles. The number of hydrogen-bond acceptors (Lipinski definition) is 5. The number of imide groups is 1. The summed E-state index contributed by atoms with van der Waals surface area (Å²) in [6.07, 6.45) is 5.53. The van der Waals surface area contributed by atoms with Crippen molar-refractivity contribution in [2.45, 2.75) is 53.4 Å². The van der Waals surface area contributed by atoms with Gasteiger partial charge < -0.3 is 9.47 Å². The van der Waals surface area contributed by atoms with Crippen molar-refractivity contribution in [2.24, 2.45) is 0 Å². The van der Waals surface area contributed by atoms with Crippen molar-refractivity contribution in [3.8, 4) is 17.6 Å². The van der Waals surface area contributed by atoms with Crippen LogP contribution in [0.25, 0.3) is 6.08 Å². The lowest BCUT2D eigenvalue weighted by atomic mass is 9.93. The van der Waals surface area contributed by atoms with Gasteiger partial charge in [-0.1, -0.05) is 32.8 Å². The summed E-state index contributed by atoms with van der Waals surface area (Å²) in [7, 11) is 0. The Morgan fingerprint density at radius 1 is 1.03 bits per heavy atom. The maximum Gasteiger partial charge on any atom is 0.271 e. The first-order chi connectivity index (χ1) is 14.5. The Kier molecular flexibility index (Phi) is 8.67. The second kappa shape index (κ2) is 11.2. The highest BCUT2D eigenvalue weighted by molar-refractivity contribution is 6.19. The molecule has 1 heterocycles. The minimum atomic E-state index is -0.523. The Bertz CT molecular complexity index is 893. The minimum absolute atomic E-state index is 0.00945. The van der Waals surface area contributed by atoms with Crippen LogP contribution in [0.4, 0.5) is 0 Å². The molecule has 0 aromatic heterocycles. The van der Waals surface area contributed by atoms with Gasteiger partial charge in [-0.3, -0.25) is 14.5 Å². The van der Waals surface area contributed by atoms with Crippen molar-refractivity contribution < 1.29 is 19.1 Å². The predicted molar refractivity (Wildman–Crippen MR) is 116 cm³/mol. The van der Waals surface area contributed by atoms with Crippen molar-refractivity contribution in [3.05, 3.63) is 40.5 Å². The molecule has 0 saturated carbocycles. The monoisotopic (exact) mass is 410 g/mol. The second-order valence-corrected chi connectivity index (χ2v) is 7.13. The highest BCUT2D eigenvalue weighted by Crippen LogP contribution is 2.32. The van der Waals surface area contributed by atoms with Gasteiger partial charge in [-0.05, 0) is 56.0 Å². The van der Waals surface area contributed by atoms with Gasteiger partial charge in [0.15, 0.2) is 11.5 Å². The van der Waals surface area contributed by atoms with Crippen molar-refractivity contribution in [1.29, 1.82) is 5.26 Å². The summed E-state index contributed by atoms with van der Waals surface area (Å²) in [5.41, 5.74) is 1.50. The summed E-state index contributed by atoms with van der Waals surface area (Å²) in [5, 5.41) is 9.43. The van der Waals surface area contributed by atoms with E-state index >= 15 is 0 Å². The summed E-state index contributed by atoms with van der Waals surface area (Å²) in [6, 6.07) is 7.45. The highest BCUT2D eigenvalue weighted by Gasteiger charge is 2.34. The van der Waals surface area contributed by atoms with Gasteiger partial charge in [0.05, 0.1) is 13.2 Å². The van der Waals surface area contributed by atoms with Crippen LogP contribution in [0.15, 0.2) is 34.9 Å². The number of unbranched alkanes of at least 4 members (excludes halogenated alkanes) is 2. The quantitative estimate of drug-likeness (QED) is 0.318. The number of carbonyl (C=O) groups is 2. The first-order valence-corrected chi connectivity index (χ1v) is 10.6. The molecule has 6 heteroatoms. The van der Waals surface area contributed by atoms with Crippen molar-refractivity contribution in [2.75, 3.05) is 19.8 Å². The Balaban J connectivity index is 2.40. The molecule has 160 valence electrons. The molecule has 0 spiro atoms. The zero-order valence-corrected chi connectivity index (χ0v) is 18.3. The molecular weight excluding hydrogens is 380 g/mol. The predicted octanol–water partition coefficient (Wildman–Crippen LogP) is 4.66. The number of nitriles is 1. The van der Waals surface area contributed by atoms with E-state index in [9.17, 15) is 14.9 Å². The standard InChI is InChI=1S/C24H30N2O4/c1-5-8-9-13-30-21-11-10-18(15-22(21)29-7-3)14-19-17(4)20(16-25)24(28)26(12-6-2)23(19)27/h10-11,14-15H,5-9,12-13H2,1-4H3/b19-14+. The Morgan fingerprint density at radius 3 is 2.43 bits per heavy atom. The van der Waals surface area contributed by atoms with Crippen LogP contribution in [0, 0.1) is 11.3 Å². The van der Waals surface area contributed by atoms with E-state index in [0.29, 0.717) is 42.3 Å². The summed E-state index contributed by atoms with van der Waals surface area (Å²) >= 11 is 0. The molecule has 0 N–H and O–H groups in total. The first kappa shape index (κ1) is 23.2. The zero-order chi connectivity index (χ0) is 22.1. The fourth-order valence-electron chi connectivity index (χ4n) is 3.26. The SMILES string of the molecule is CCCCCOc1ccc(/C=C2/C(=O)N(CCC)C(=O)C(C#N)=C2C)cc1OCC. The minimum Gasteiger partial charge on any atom is -0.490 e. The van der Waals surface area contributed by atoms with Crippen LogP contribution < -0.4 is 9.47 Å². The molecule has 0 radical (unpaired) electrons. The smallest absolute Gasteiger partial charge is 0.271 e. The lowest BCUT2D eigenvalue weighted by Gasteiger charge is -2.27. The number of ether oxygens (including phenoxy) is 2. The third kappa shape index (κ3) is 5.29. The molecule has 6 nitrogen and oxygen atoms in total. The highest BCUT2D eigenvalue weighted by atomic mass is 16.5. The van der Waals surface area contributed by atoms with Gasteiger partial charge in [0.25, 0.3) is 11.8 Å². The summed E-state index contributed by atoms with van der Waals surface area (Å²) in [6.45, 7) is 8.95. The molecule has 0 saturated heterocycles. The molecule has 30 heavy (non-hydrogen) atoms. The van der Waals surface area contributed by atoms with Gasteiger partial charge in [0.2, 0.25) is 0 Å². The van der Waals surface area contributed by atoms with E-state index in [0.717, 1.165) is 29.7 Å². The third-order valence-electron chi connectivity index (χ3n) is 4.86. The van der Waals surface area contributed by atoms with Crippen molar-refractivity contribution in [3.63, 3.8) is 0 Å². The average molecular weight is 411 g/mol. The van der Waals surface area contributed by atoms with Gasteiger partial charge in [-0.25, -0.2) is 0 Å². The molecule has 1 aliphatic heterocycles. The van der Waals surface area contributed by atoms with Crippen LogP contribution in [0.1, 0.15) is 58.9 Å². The van der Waals surface area contributed by atoms with Crippen LogP contribution >= 0.6 is 0 Å². The Morgan fingerprint density at radius 2 is 1.80 bits per heavy atom. The largest absolute Gasteiger partial charge is 0.490 e. The van der Waals surface area contributed by atoms with Crippen molar-refractivity contribution in [1.82, 2.24) is 4.90 Å². The average Bonchev–Trinajstić information content (AvgIpc) is 2.73. The summed E-state index contributed by atoms with van der Waals surface area (Å²) in [5.74, 6) is 0.370. The fraction of sp³-hybridized carbons (Fsp3) is 0.458. The van der Waals surface area contributed by atoms with Crippen LogP contribution in [-0.4, -0.2) is 36.5 Å². The molecular formula is C24H30N2O4. The molecule has 1 aromatic rings. The van der Waals surface area contributed by atoms with Crippen LogP contribution in [-0.2, 0) is 9.59 Å². The molecule has 0 unspecified atom stereocenters. The van der Waals surface area contributed by atoms with E-state index in [1.54, 1.807) is 13.0 Å². The number of carbonyl (C=O) groups excluding carboxylic acids is 2. The molecule has 1 aromatic carbocycles. The summed E-state index contributed by atoms with van der Waals surface area (Å²) in [4.78, 5) is 26.5. The van der Waals surface area contributed by atoms with Gasteiger partial charge in [-0.2, -0.15) is 5.26 Å². The zero-order valence-electron chi connectivity index (χ0n) is 18.3. The number of hydrogen-bond donors (Lipinski definition) is 0.